The molecule has 2 N–H and O–H groups in total. The number of rotatable bonds is 5. The van der Waals surface area contributed by atoms with Crippen LogP contribution in [0, 0.1) is 17.7 Å². The third-order valence-electron chi connectivity index (χ3n) is 4.68. The van der Waals surface area contributed by atoms with Crippen molar-refractivity contribution in [1.82, 2.24) is 15.1 Å². The Morgan fingerprint density at radius 3 is 2.73 bits per heavy atom. The van der Waals surface area contributed by atoms with E-state index in [4.69, 9.17) is 0 Å². The Bertz CT molecular complexity index is 691. The Labute approximate surface area is 165 Å². The van der Waals surface area contributed by atoms with Gasteiger partial charge in [0, 0.05) is 24.5 Å². The quantitative estimate of drug-likeness (QED) is 0.798. The van der Waals surface area contributed by atoms with E-state index in [1.54, 1.807) is 30.6 Å². The topological polar surface area (TPSA) is 59.0 Å². The van der Waals surface area contributed by atoms with Gasteiger partial charge in [-0.25, -0.2) is 9.07 Å². The van der Waals surface area contributed by atoms with Crippen molar-refractivity contribution >= 4 is 36.4 Å². The van der Waals surface area contributed by atoms with Crippen LogP contribution >= 0.6 is 24.8 Å². The van der Waals surface area contributed by atoms with Crippen LogP contribution in [-0.4, -0.2) is 28.8 Å². The van der Waals surface area contributed by atoms with E-state index in [0.717, 1.165) is 25.9 Å². The van der Waals surface area contributed by atoms with E-state index in [2.05, 4.69) is 22.7 Å². The fraction of sp³-hybridized carbons (Fsp3) is 0.444. The summed E-state index contributed by atoms with van der Waals surface area (Å²) in [6.45, 7) is 4.17. The number of benzene rings is 1. The number of anilines is 1. The average Bonchev–Trinajstić information content (AvgIpc) is 3.10. The molecule has 144 valence electrons. The molecule has 0 bridgehead atoms. The van der Waals surface area contributed by atoms with Crippen molar-refractivity contribution in [2.24, 2.45) is 11.8 Å². The number of halogens is 3. The maximum Gasteiger partial charge on any atom is 0.224 e. The summed E-state index contributed by atoms with van der Waals surface area (Å²) >= 11 is 0. The minimum absolute atomic E-state index is 0. The molecule has 1 atom stereocenters. The highest BCUT2D eigenvalue weighted by molar-refractivity contribution is 5.91. The van der Waals surface area contributed by atoms with E-state index in [0.29, 0.717) is 29.6 Å². The molecular weight excluding hydrogens is 378 g/mol. The average molecular weight is 403 g/mol. The van der Waals surface area contributed by atoms with Crippen molar-refractivity contribution in [3.63, 3.8) is 0 Å². The number of piperidine rings is 1. The SMILES string of the molecule is CC(CC(=O)Nc1ccc(-n2cccn2)c(F)c1)C1CCNCC1.Cl.Cl. The van der Waals surface area contributed by atoms with Gasteiger partial charge >= 0.3 is 0 Å². The molecule has 0 saturated carbocycles. The molecule has 1 saturated heterocycles. The van der Waals surface area contributed by atoms with E-state index in [1.807, 2.05) is 0 Å². The van der Waals surface area contributed by atoms with E-state index in [-0.39, 0.29) is 30.7 Å². The predicted molar refractivity (Wildman–Crippen MR) is 106 cm³/mol. The highest BCUT2D eigenvalue weighted by atomic mass is 35.5. The minimum atomic E-state index is -0.414. The van der Waals surface area contributed by atoms with Gasteiger partial charge in [-0.15, -0.1) is 24.8 Å². The summed E-state index contributed by atoms with van der Waals surface area (Å²) in [6.07, 6.45) is 5.96. The number of amides is 1. The molecule has 1 aromatic carbocycles. The number of hydrogen-bond acceptors (Lipinski definition) is 3. The van der Waals surface area contributed by atoms with Gasteiger partial charge in [-0.2, -0.15) is 5.10 Å². The Morgan fingerprint density at radius 1 is 1.38 bits per heavy atom. The first kappa shape index (κ1) is 22.4. The number of hydrogen-bond donors (Lipinski definition) is 2. The second-order valence-electron chi connectivity index (χ2n) is 6.43. The van der Waals surface area contributed by atoms with E-state index >= 15 is 0 Å². The van der Waals surface area contributed by atoms with Gasteiger partial charge in [0.05, 0.1) is 0 Å². The first-order valence-electron chi connectivity index (χ1n) is 8.43. The smallest absolute Gasteiger partial charge is 0.224 e. The highest BCUT2D eigenvalue weighted by Gasteiger charge is 2.22. The van der Waals surface area contributed by atoms with Crippen LogP contribution in [0.25, 0.3) is 5.69 Å². The van der Waals surface area contributed by atoms with Crippen molar-refractivity contribution in [3.8, 4) is 5.69 Å². The third-order valence-corrected chi connectivity index (χ3v) is 4.68. The molecule has 3 rings (SSSR count). The van der Waals surface area contributed by atoms with Crippen molar-refractivity contribution in [2.75, 3.05) is 18.4 Å². The van der Waals surface area contributed by atoms with Gasteiger partial charge in [0.1, 0.15) is 5.69 Å². The minimum Gasteiger partial charge on any atom is -0.326 e. The summed E-state index contributed by atoms with van der Waals surface area (Å²) in [6, 6.07) is 6.39. The van der Waals surface area contributed by atoms with Crippen molar-refractivity contribution in [3.05, 3.63) is 42.5 Å². The lowest BCUT2D eigenvalue weighted by molar-refractivity contribution is -0.117. The maximum atomic E-state index is 14.2. The molecule has 8 heteroatoms. The van der Waals surface area contributed by atoms with Crippen LogP contribution in [0.4, 0.5) is 10.1 Å². The number of carbonyl (C=O) groups excluding carboxylic acids is 1. The van der Waals surface area contributed by atoms with Crippen molar-refractivity contribution in [1.29, 1.82) is 0 Å². The molecule has 0 aliphatic carbocycles. The summed E-state index contributed by atoms with van der Waals surface area (Å²) < 4.78 is 15.7. The Morgan fingerprint density at radius 2 is 2.12 bits per heavy atom. The largest absolute Gasteiger partial charge is 0.326 e. The highest BCUT2D eigenvalue weighted by Crippen LogP contribution is 2.25. The molecular formula is C18H25Cl2FN4O. The maximum absolute atomic E-state index is 14.2. The number of aromatic nitrogens is 2. The zero-order chi connectivity index (χ0) is 16.9. The van der Waals surface area contributed by atoms with Gasteiger partial charge < -0.3 is 10.6 Å². The Kier molecular flexibility index (Phi) is 9.05. The summed E-state index contributed by atoms with van der Waals surface area (Å²) in [5.74, 6) is 0.436. The van der Waals surface area contributed by atoms with Crippen LogP contribution in [-0.2, 0) is 4.79 Å². The van der Waals surface area contributed by atoms with Gasteiger partial charge in [0.25, 0.3) is 0 Å². The first-order chi connectivity index (χ1) is 11.6. The number of nitrogens with one attached hydrogen (secondary N) is 2. The van der Waals surface area contributed by atoms with E-state index in [1.165, 1.54) is 10.7 Å². The van der Waals surface area contributed by atoms with Crippen molar-refractivity contribution < 1.29 is 9.18 Å². The lowest BCUT2D eigenvalue weighted by Gasteiger charge is -2.27. The molecule has 26 heavy (non-hydrogen) atoms. The predicted octanol–water partition coefficient (Wildman–Crippen LogP) is 3.82. The Balaban J connectivity index is 0.00000169. The fourth-order valence-electron chi connectivity index (χ4n) is 3.27. The molecule has 0 spiro atoms. The van der Waals surface area contributed by atoms with Crippen LogP contribution < -0.4 is 10.6 Å². The molecule has 1 aliphatic heterocycles. The van der Waals surface area contributed by atoms with Gasteiger partial charge in [0.2, 0.25) is 5.91 Å². The van der Waals surface area contributed by atoms with Crippen LogP contribution in [0.1, 0.15) is 26.2 Å². The molecule has 1 aliphatic rings. The van der Waals surface area contributed by atoms with Gasteiger partial charge in [-0.3, -0.25) is 4.79 Å². The summed E-state index contributed by atoms with van der Waals surface area (Å²) in [7, 11) is 0. The second kappa shape index (κ2) is 10.5. The fourth-order valence-corrected chi connectivity index (χ4v) is 3.27. The van der Waals surface area contributed by atoms with Gasteiger partial charge in [0.15, 0.2) is 5.82 Å². The first-order valence-corrected chi connectivity index (χ1v) is 8.43. The Hall–Kier alpha value is -1.63. The number of carbonyl (C=O) groups is 1. The molecule has 1 amide bonds. The normalized spacial score (nSPS) is 15.5. The summed E-state index contributed by atoms with van der Waals surface area (Å²) in [4.78, 5) is 12.2. The lowest BCUT2D eigenvalue weighted by atomic mass is 9.84. The molecule has 5 nitrogen and oxygen atoms in total. The van der Waals surface area contributed by atoms with E-state index in [9.17, 15) is 9.18 Å². The van der Waals surface area contributed by atoms with Crippen LogP contribution in [0.2, 0.25) is 0 Å². The zero-order valence-corrected chi connectivity index (χ0v) is 16.3. The lowest BCUT2D eigenvalue weighted by Crippen LogP contribution is -2.32. The summed E-state index contributed by atoms with van der Waals surface area (Å²) in [5.41, 5.74) is 0.840. The van der Waals surface area contributed by atoms with Crippen molar-refractivity contribution in [2.45, 2.75) is 26.2 Å². The molecule has 2 heterocycles. The van der Waals surface area contributed by atoms with Crippen LogP contribution in [0.15, 0.2) is 36.7 Å². The number of nitrogens with zero attached hydrogens (tertiary/aromatic N) is 2. The molecule has 2 aromatic rings. The summed E-state index contributed by atoms with van der Waals surface area (Å²) in [5, 5.41) is 10.2. The second-order valence-corrected chi connectivity index (χ2v) is 6.43. The van der Waals surface area contributed by atoms with Gasteiger partial charge in [-0.05, 0) is 62.0 Å². The zero-order valence-electron chi connectivity index (χ0n) is 14.7. The van der Waals surface area contributed by atoms with Gasteiger partial charge in [-0.1, -0.05) is 6.92 Å². The third kappa shape index (κ3) is 5.69. The monoisotopic (exact) mass is 402 g/mol. The van der Waals surface area contributed by atoms with E-state index < -0.39 is 5.82 Å². The molecule has 0 radical (unpaired) electrons. The standard InChI is InChI=1S/C18H23FN4O.2ClH/c1-13(14-5-8-20-9-6-14)11-18(24)22-15-3-4-17(16(19)12-15)23-10-2-7-21-23;;/h2-4,7,10,12-14,20H,5-6,8-9,11H2,1H3,(H,22,24);2*1H. The molecule has 1 aromatic heterocycles. The molecule has 1 fully saturated rings. The van der Waals surface area contributed by atoms with Crippen LogP contribution in [0.5, 0.6) is 0 Å². The molecule has 1 unspecified atom stereocenters. The van der Waals surface area contributed by atoms with Crippen LogP contribution in [0.3, 0.4) is 0 Å².